The zero-order valence-corrected chi connectivity index (χ0v) is 20.1. The van der Waals surface area contributed by atoms with Crippen LogP contribution in [0.3, 0.4) is 0 Å². The van der Waals surface area contributed by atoms with Crippen LogP contribution in [0.4, 0.5) is 5.69 Å². The predicted octanol–water partition coefficient (Wildman–Crippen LogP) is 5.08. The molecule has 0 saturated heterocycles. The number of halogens is 2. The minimum atomic E-state index is -0.376. The molecule has 2 aromatic carbocycles. The Bertz CT molecular complexity index is 979. The molecule has 2 rings (SSSR count). The van der Waals surface area contributed by atoms with Gasteiger partial charge in [-0.2, -0.15) is 5.10 Å². The van der Waals surface area contributed by atoms with Gasteiger partial charge in [0.15, 0.2) is 11.5 Å². The minimum Gasteiger partial charge on any atom is -0.493 e. The van der Waals surface area contributed by atoms with Crippen molar-refractivity contribution in [2.45, 2.75) is 39.7 Å². The Morgan fingerprint density at radius 1 is 1.19 bits per heavy atom. The molecule has 0 unspecified atom stereocenters. The quantitative estimate of drug-likeness (QED) is 0.364. The van der Waals surface area contributed by atoms with Crippen molar-refractivity contribution in [3.05, 3.63) is 51.0 Å². The van der Waals surface area contributed by atoms with Gasteiger partial charge in [0.2, 0.25) is 11.8 Å². The third-order valence-electron chi connectivity index (χ3n) is 4.04. The Morgan fingerprint density at radius 2 is 1.90 bits per heavy atom. The van der Waals surface area contributed by atoms with Gasteiger partial charge in [0.05, 0.1) is 23.9 Å². The summed E-state index contributed by atoms with van der Waals surface area (Å²) >= 11 is 9.50. The lowest BCUT2D eigenvalue weighted by molar-refractivity contribution is -0.124. The maximum absolute atomic E-state index is 12.0. The minimum absolute atomic E-state index is 0.00303. The summed E-state index contributed by atoms with van der Waals surface area (Å²) in [5.41, 5.74) is 4.62. The van der Waals surface area contributed by atoms with E-state index in [9.17, 15) is 9.59 Å². The van der Waals surface area contributed by atoms with Crippen molar-refractivity contribution in [3.63, 3.8) is 0 Å². The number of nitrogens with one attached hydrogen (secondary N) is 2. The van der Waals surface area contributed by atoms with E-state index in [2.05, 4.69) is 31.8 Å². The molecule has 31 heavy (non-hydrogen) atoms. The van der Waals surface area contributed by atoms with Crippen LogP contribution >= 0.6 is 27.5 Å². The number of carbonyl (C=O) groups is 2. The number of methoxy groups -OCH3 is 1. The summed E-state index contributed by atoms with van der Waals surface area (Å²) in [6, 6.07) is 8.79. The third kappa shape index (κ3) is 7.88. The summed E-state index contributed by atoms with van der Waals surface area (Å²) in [5.74, 6) is 0.482. The molecule has 0 saturated carbocycles. The monoisotopic (exact) mass is 509 g/mol. The summed E-state index contributed by atoms with van der Waals surface area (Å²) in [6.45, 7) is 5.72. The smallest absolute Gasteiger partial charge is 0.240 e. The van der Waals surface area contributed by atoms with Crippen molar-refractivity contribution in [1.29, 1.82) is 0 Å². The van der Waals surface area contributed by atoms with Gasteiger partial charge in [0, 0.05) is 23.6 Å². The molecule has 0 aliphatic carbocycles. The molecule has 0 radical (unpaired) electrons. The number of ether oxygens (including phenoxy) is 2. The fourth-order valence-corrected chi connectivity index (χ4v) is 3.25. The van der Waals surface area contributed by atoms with E-state index < -0.39 is 0 Å². The molecule has 0 aliphatic rings. The average molecular weight is 511 g/mol. The molecular formula is C22H25BrClN3O4. The highest BCUT2D eigenvalue weighted by Gasteiger charge is 2.13. The highest BCUT2D eigenvalue weighted by atomic mass is 79.9. The zero-order valence-electron chi connectivity index (χ0n) is 17.8. The molecule has 2 aromatic rings. The van der Waals surface area contributed by atoms with E-state index in [1.54, 1.807) is 31.4 Å². The molecule has 0 bridgehead atoms. The van der Waals surface area contributed by atoms with E-state index in [0.29, 0.717) is 32.2 Å². The van der Waals surface area contributed by atoms with Crippen LogP contribution in [-0.2, 0) is 9.59 Å². The number of amides is 2. The fraction of sp³-hybridized carbons (Fsp3) is 0.318. The van der Waals surface area contributed by atoms with Gasteiger partial charge in [-0.05, 0) is 72.1 Å². The molecule has 0 aliphatic heterocycles. The van der Waals surface area contributed by atoms with Crippen LogP contribution in [-0.4, -0.2) is 31.2 Å². The van der Waals surface area contributed by atoms with Crippen LogP contribution in [0, 0.1) is 6.92 Å². The maximum atomic E-state index is 12.0. The van der Waals surface area contributed by atoms with Gasteiger partial charge in [0.1, 0.15) is 0 Å². The topological polar surface area (TPSA) is 89.0 Å². The first-order valence-electron chi connectivity index (χ1n) is 9.61. The van der Waals surface area contributed by atoms with E-state index >= 15 is 0 Å². The second-order valence-corrected chi connectivity index (χ2v) is 8.27. The van der Waals surface area contributed by atoms with E-state index in [-0.39, 0.29) is 30.8 Å². The Morgan fingerprint density at radius 3 is 2.55 bits per heavy atom. The largest absolute Gasteiger partial charge is 0.493 e. The van der Waals surface area contributed by atoms with Crippen LogP contribution in [0.25, 0.3) is 0 Å². The molecule has 9 heteroatoms. The standard InChI is InChI=1S/C22H25BrClN3O4/c1-13(2)31-22-17(23)9-15(10-19(22)30-4)12-25-27-21(29)8-7-20(28)26-16-6-5-14(3)18(24)11-16/h5-6,9-13H,7-8H2,1-4H3,(H,26,28)(H,27,29). The van der Waals surface area contributed by atoms with Crippen LogP contribution in [0.15, 0.2) is 39.9 Å². The SMILES string of the molecule is COc1cc(C=NNC(=O)CCC(=O)Nc2ccc(C)c(Cl)c2)cc(Br)c1OC(C)C. The summed E-state index contributed by atoms with van der Waals surface area (Å²) in [6.07, 6.45) is 1.49. The Labute approximate surface area is 195 Å². The number of carbonyl (C=O) groups excluding carboxylic acids is 2. The molecule has 2 N–H and O–H groups in total. The Kier molecular flexibility index (Phi) is 9.33. The number of hydrazone groups is 1. The van der Waals surface area contributed by atoms with Gasteiger partial charge >= 0.3 is 0 Å². The molecule has 0 spiro atoms. The summed E-state index contributed by atoms with van der Waals surface area (Å²) in [4.78, 5) is 24.0. The fourth-order valence-electron chi connectivity index (χ4n) is 2.52. The zero-order chi connectivity index (χ0) is 23.0. The van der Waals surface area contributed by atoms with Crippen LogP contribution in [0.2, 0.25) is 5.02 Å². The molecule has 2 amide bonds. The summed E-state index contributed by atoms with van der Waals surface area (Å²) in [5, 5.41) is 7.22. The average Bonchev–Trinajstić information content (AvgIpc) is 2.70. The first kappa shape index (κ1) is 24.7. The Hall–Kier alpha value is -2.58. The van der Waals surface area contributed by atoms with Gasteiger partial charge in [-0.3, -0.25) is 9.59 Å². The van der Waals surface area contributed by atoms with Gasteiger partial charge in [-0.25, -0.2) is 5.43 Å². The van der Waals surface area contributed by atoms with Crippen LogP contribution in [0.1, 0.15) is 37.8 Å². The number of rotatable bonds is 9. The van der Waals surface area contributed by atoms with Crippen LogP contribution < -0.4 is 20.2 Å². The lowest BCUT2D eigenvalue weighted by atomic mass is 10.2. The van der Waals surface area contributed by atoms with Crippen molar-refractivity contribution in [1.82, 2.24) is 5.43 Å². The molecular weight excluding hydrogens is 486 g/mol. The highest BCUT2D eigenvalue weighted by Crippen LogP contribution is 2.37. The van der Waals surface area contributed by atoms with E-state index in [4.69, 9.17) is 21.1 Å². The van der Waals surface area contributed by atoms with Crippen molar-refractivity contribution >= 4 is 51.2 Å². The van der Waals surface area contributed by atoms with Gasteiger partial charge in [-0.15, -0.1) is 0 Å². The van der Waals surface area contributed by atoms with E-state index in [1.165, 1.54) is 6.21 Å². The molecule has 7 nitrogen and oxygen atoms in total. The molecule has 0 fully saturated rings. The maximum Gasteiger partial charge on any atom is 0.240 e. The molecule has 0 atom stereocenters. The van der Waals surface area contributed by atoms with Crippen molar-refractivity contribution in [2.75, 3.05) is 12.4 Å². The lowest BCUT2D eigenvalue weighted by Crippen LogP contribution is -2.20. The first-order valence-corrected chi connectivity index (χ1v) is 10.8. The molecule has 0 heterocycles. The van der Waals surface area contributed by atoms with Crippen LogP contribution in [0.5, 0.6) is 11.5 Å². The number of hydrogen-bond acceptors (Lipinski definition) is 5. The van der Waals surface area contributed by atoms with Gasteiger partial charge in [0.25, 0.3) is 0 Å². The molecule has 166 valence electrons. The van der Waals surface area contributed by atoms with Gasteiger partial charge in [-0.1, -0.05) is 17.7 Å². The van der Waals surface area contributed by atoms with Crippen molar-refractivity contribution < 1.29 is 19.1 Å². The number of anilines is 1. The van der Waals surface area contributed by atoms with E-state index in [0.717, 1.165) is 5.56 Å². The predicted molar refractivity (Wildman–Crippen MR) is 126 cm³/mol. The van der Waals surface area contributed by atoms with E-state index in [1.807, 2.05) is 26.8 Å². The second-order valence-electron chi connectivity index (χ2n) is 7.01. The first-order chi connectivity index (χ1) is 14.7. The highest BCUT2D eigenvalue weighted by molar-refractivity contribution is 9.10. The lowest BCUT2D eigenvalue weighted by Gasteiger charge is -2.15. The number of benzene rings is 2. The Balaban J connectivity index is 1.87. The van der Waals surface area contributed by atoms with Crippen molar-refractivity contribution in [2.24, 2.45) is 5.10 Å². The second kappa shape index (κ2) is 11.7. The number of nitrogens with zero attached hydrogens (tertiary/aromatic N) is 1. The normalized spacial score (nSPS) is 10.9. The summed E-state index contributed by atoms with van der Waals surface area (Å²) in [7, 11) is 1.55. The number of aryl methyl sites for hydroxylation is 1. The van der Waals surface area contributed by atoms with Crippen molar-refractivity contribution in [3.8, 4) is 11.5 Å². The van der Waals surface area contributed by atoms with Gasteiger partial charge < -0.3 is 14.8 Å². The summed E-state index contributed by atoms with van der Waals surface area (Å²) < 4.78 is 11.8. The third-order valence-corrected chi connectivity index (χ3v) is 5.04. The molecule has 0 aromatic heterocycles. The number of hydrogen-bond donors (Lipinski definition) is 2.